The molecule has 2 aliphatic rings. The Labute approximate surface area is 175 Å². The standard InChI is InChI=1S/C22H27N3O3S/c1-2-25-18-12-16(9-10-19(18)28-13-21(25)27)17-14-29-22(23-17)24-20(26)11-8-15-6-4-3-5-7-15/h9-10,12,14-15H,2-8,11,13H2,1H3,(H,23,24,26). The van der Waals surface area contributed by atoms with Gasteiger partial charge in [0.1, 0.15) is 5.75 Å². The number of benzene rings is 1. The minimum absolute atomic E-state index is 0.0399. The summed E-state index contributed by atoms with van der Waals surface area (Å²) in [7, 11) is 0. The number of aromatic nitrogens is 1. The molecule has 1 aromatic heterocycles. The van der Waals surface area contributed by atoms with Crippen molar-refractivity contribution in [2.24, 2.45) is 5.92 Å². The van der Waals surface area contributed by atoms with Gasteiger partial charge in [-0.1, -0.05) is 32.1 Å². The van der Waals surface area contributed by atoms with Crippen LogP contribution in [0.3, 0.4) is 0 Å². The number of fused-ring (bicyclic) bond motifs is 1. The first-order valence-electron chi connectivity index (χ1n) is 10.5. The number of rotatable bonds is 6. The molecule has 1 N–H and O–H groups in total. The molecule has 0 atom stereocenters. The van der Waals surface area contributed by atoms with E-state index in [9.17, 15) is 9.59 Å². The summed E-state index contributed by atoms with van der Waals surface area (Å²) in [6.45, 7) is 2.62. The summed E-state index contributed by atoms with van der Waals surface area (Å²) >= 11 is 1.42. The van der Waals surface area contributed by atoms with Crippen molar-refractivity contribution in [2.45, 2.75) is 51.9 Å². The van der Waals surface area contributed by atoms with E-state index in [1.54, 1.807) is 4.90 Å². The average Bonchev–Trinajstić information content (AvgIpc) is 3.21. The molecule has 2 heterocycles. The Hall–Kier alpha value is -2.41. The van der Waals surface area contributed by atoms with Crippen molar-refractivity contribution in [1.82, 2.24) is 4.98 Å². The van der Waals surface area contributed by atoms with Gasteiger partial charge in [-0.15, -0.1) is 11.3 Å². The van der Waals surface area contributed by atoms with Crippen LogP contribution < -0.4 is 15.0 Å². The van der Waals surface area contributed by atoms with Gasteiger partial charge in [0.2, 0.25) is 5.91 Å². The van der Waals surface area contributed by atoms with Crippen LogP contribution in [0.25, 0.3) is 11.3 Å². The van der Waals surface area contributed by atoms with Crippen LogP contribution in [0.4, 0.5) is 10.8 Å². The van der Waals surface area contributed by atoms with Gasteiger partial charge in [0.05, 0.1) is 11.4 Å². The highest BCUT2D eigenvalue weighted by Crippen LogP contribution is 2.36. The first-order chi connectivity index (χ1) is 14.1. The van der Waals surface area contributed by atoms with Crippen LogP contribution in [0, 0.1) is 5.92 Å². The van der Waals surface area contributed by atoms with Crippen molar-refractivity contribution in [3.8, 4) is 17.0 Å². The molecular weight excluding hydrogens is 386 g/mol. The molecule has 0 radical (unpaired) electrons. The van der Waals surface area contributed by atoms with Gasteiger partial charge in [0.15, 0.2) is 11.7 Å². The topological polar surface area (TPSA) is 71.5 Å². The number of hydrogen-bond acceptors (Lipinski definition) is 5. The Morgan fingerprint density at radius 1 is 1.31 bits per heavy atom. The lowest BCUT2D eigenvalue weighted by atomic mass is 9.86. The lowest BCUT2D eigenvalue weighted by Crippen LogP contribution is -2.38. The van der Waals surface area contributed by atoms with E-state index in [0.717, 1.165) is 23.4 Å². The molecule has 154 valence electrons. The van der Waals surface area contributed by atoms with Crippen molar-refractivity contribution in [1.29, 1.82) is 0 Å². The van der Waals surface area contributed by atoms with Gasteiger partial charge in [0.25, 0.3) is 5.91 Å². The quantitative estimate of drug-likeness (QED) is 0.734. The second-order valence-corrected chi connectivity index (χ2v) is 8.60. The number of ether oxygens (including phenoxy) is 1. The molecular formula is C22H27N3O3S. The van der Waals surface area contributed by atoms with Crippen LogP contribution in [-0.4, -0.2) is 29.9 Å². The number of carbonyl (C=O) groups excluding carboxylic acids is 2. The second kappa shape index (κ2) is 8.95. The Morgan fingerprint density at radius 2 is 2.14 bits per heavy atom. The van der Waals surface area contributed by atoms with Crippen molar-refractivity contribution in [3.63, 3.8) is 0 Å². The molecule has 6 nitrogen and oxygen atoms in total. The first-order valence-corrected chi connectivity index (χ1v) is 11.3. The molecule has 1 fully saturated rings. The lowest BCUT2D eigenvalue weighted by Gasteiger charge is -2.28. The zero-order valence-electron chi connectivity index (χ0n) is 16.8. The van der Waals surface area contributed by atoms with Gasteiger partial charge in [-0.3, -0.25) is 9.59 Å². The predicted molar refractivity (Wildman–Crippen MR) is 116 cm³/mol. The molecule has 0 saturated heterocycles. The van der Waals surface area contributed by atoms with Crippen LogP contribution in [0.15, 0.2) is 23.6 Å². The zero-order chi connectivity index (χ0) is 20.2. The molecule has 1 saturated carbocycles. The minimum Gasteiger partial charge on any atom is -0.482 e. The van der Waals surface area contributed by atoms with Gasteiger partial charge in [-0.05, 0) is 37.5 Å². The molecule has 0 unspecified atom stereocenters. The van der Waals surface area contributed by atoms with Crippen molar-refractivity contribution in [3.05, 3.63) is 23.6 Å². The number of nitrogens with one attached hydrogen (secondary N) is 1. The summed E-state index contributed by atoms with van der Waals surface area (Å²) in [6, 6.07) is 5.74. The van der Waals surface area contributed by atoms with Crippen LogP contribution in [0.1, 0.15) is 51.9 Å². The summed E-state index contributed by atoms with van der Waals surface area (Å²) < 4.78 is 5.53. The summed E-state index contributed by atoms with van der Waals surface area (Å²) in [5.74, 6) is 1.41. The molecule has 2 aromatic rings. The van der Waals surface area contributed by atoms with Gasteiger partial charge in [-0.2, -0.15) is 0 Å². The molecule has 0 bridgehead atoms. The zero-order valence-corrected chi connectivity index (χ0v) is 17.6. The molecule has 1 aliphatic carbocycles. The van der Waals surface area contributed by atoms with E-state index in [2.05, 4.69) is 10.3 Å². The van der Waals surface area contributed by atoms with E-state index >= 15 is 0 Å². The molecule has 1 aromatic carbocycles. The monoisotopic (exact) mass is 413 g/mol. The van der Waals surface area contributed by atoms with Crippen LogP contribution in [0.2, 0.25) is 0 Å². The number of carbonyl (C=O) groups is 2. The summed E-state index contributed by atoms with van der Waals surface area (Å²) in [4.78, 5) is 30.7. The maximum Gasteiger partial charge on any atom is 0.265 e. The Morgan fingerprint density at radius 3 is 2.93 bits per heavy atom. The third kappa shape index (κ3) is 4.61. The molecule has 29 heavy (non-hydrogen) atoms. The second-order valence-electron chi connectivity index (χ2n) is 7.74. The average molecular weight is 414 g/mol. The maximum atomic E-state index is 12.3. The summed E-state index contributed by atoms with van der Waals surface area (Å²) in [5, 5.41) is 5.49. The minimum atomic E-state index is -0.0404. The summed E-state index contributed by atoms with van der Waals surface area (Å²) in [6.07, 6.45) is 7.98. The number of thiazole rings is 1. The first kappa shape index (κ1) is 19.9. The van der Waals surface area contributed by atoms with Crippen LogP contribution >= 0.6 is 11.3 Å². The number of likely N-dealkylation sites (N-methyl/N-ethyl adjacent to an activating group) is 1. The van der Waals surface area contributed by atoms with Gasteiger partial charge < -0.3 is 15.0 Å². The van der Waals surface area contributed by atoms with E-state index in [0.29, 0.717) is 29.8 Å². The molecule has 0 spiro atoms. The highest BCUT2D eigenvalue weighted by molar-refractivity contribution is 7.14. The Balaban J connectivity index is 1.40. The van der Waals surface area contributed by atoms with E-state index in [1.807, 2.05) is 30.5 Å². The smallest absolute Gasteiger partial charge is 0.265 e. The SMILES string of the molecule is CCN1C(=O)COc2ccc(-c3csc(NC(=O)CCC4CCCCC4)n3)cc21. The van der Waals surface area contributed by atoms with Gasteiger partial charge in [0, 0.05) is 23.9 Å². The predicted octanol–water partition coefficient (Wildman–Crippen LogP) is 4.85. The van der Waals surface area contributed by atoms with Crippen molar-refractivity contribution in [2.75, 3.05) is 23.4 Å². The molecule has 4 rings (SSSR count). The number of hydrogen-bond donors (Lipinski definition) is 1. The highest BCUT2D eigenvalue weighted by Gasteiger charge is 2.25. The largest absolute Gasteiger partial charge is 0.482 e. The van der Waals surface area contributed by atoms with E-state index in [1.165, 1.54) is 43.4 Å². The van der Waals surface area contributed by atoms with Crippen molar-refractivity contribution >= 4 is 34.0 Å². The molecule has 1 aliphatic heterocycles. The van der Waals surface area contributed by atoms with Crippen LogP contribution in [-0.2, 0) is 9.59 Å². The third-order valence-corrected chi connectivity index (χ3v) is 6.53. The van der Waals surface area contributed by atoms with Crippen molar-refractivity contribution < 1.29 is 14.3 Å². The normalized spacial score (nSPS) is 17.0. The van der Waals surface area contributed by atoms with Gasteiger partial charge in [-0.25, -0.2) is 4.98 Å². The lowest BCUT2D eigenvalue weighted by molar-refractivity contribution is -0.121. The third-order valence-electron chi connectivity index (χ3n) is 5.77. The molecule has 7 heteroatoms. The number of nitrogens with zero attached hydrogens (tertiary/aromatic N) is 2. The molecule has 2 amide bonds. The fourth-order valence-corrected chi connectivity index (χ4v) is 4.90. The maximum absolute atomic E-state index is 12.3. The number of amides is 2. The van der Waals surface area contributed by atoms with E-state index in [-0.39, 0.29) is 18.4 Å². The highest BCUT2D eigenvalue weighted by atomic mass is 32.1. The van der Waals surface area contributed by atoms with E-state index < -0.39 is 0 Å². The Kier molecular flexibility index (Phi) is 6.13. The summed E-state index contributed by atoms with van der Waals surface area (Å²) in [5.41, 5.74) is 2.46. The van der Waals surface area contributed by atoms with Crippen LogP contribution in [0.5, 0.6) is 5.75 Å². The fourth-order valence-electron chi connectivity index (χ4n) is 4.16. The van der Waals surface area contributed by atoms with E-state index in [4.69, 9.17) is 4.74 Å². The van der Waals surface area contributed by atoms with Gasteiger partial charge >= 0.3 is 0 Å². The number of anilines is 2. The fraction of sp³-hybridized carbons (Fsp3) is 0.500. The Bertz CT molecular complexity index is 889.